The van der Waals surface area contributed by atoms with Gasteiger partial charge in [-0.05, 0) is 101 Å². The number of methoxy groups -OCH3 is 1. The number of benzene rings is 2. The molecule has 0 radical (unpaired) electrons. The molecule has 0 spiro atoms. The Morgan fingerprint density at radius 2 is 1.67 bits per heavy atom. The smallest absolute Gasteiger partial charge is 0.165 e. The van der Waals surface area contributed by atoms with Crippen LogP contribution in [-0.2, 0) is 12.8 Å². The van der Waals surface area contributed by atoms with E-state index in [0.29, 0.717) is 48.3 Å². The molecule has 7 nitrogen and oxygen atoms in total. The number of rotatable bonds is 9. The van der Waals surface area contributed by atoms with Crippen molar-refractivity contribution in [3.05, 3.63) is 58.2 Å². The van der Waals surface area contributed by atoms with E-state index in [9.17, 15) is 25.5 Å². The molecule has 42 heavy (non-hydrogen) atoms. The lowest BCUT2D eigenvalue weighted by Crippen LogP contribution is -2.63. The van der Waals surface area contributed by atoms with Crippen LogP contribution in [0.3, 0.4) is 0 Å². The maximum atomic E-state index is 10.8. The summed E-state index contributed by atoms with van der Waals surface area (Å²) < 4.78 is 12.2. The Kier molecular flexibility index (Phi) is 9.08. The number of ether oxygens (including phenoxy) is 2. The molecule has 0 amide bonds. The summed E-state index contributed by atoms with van der Waals surface area (Å²) in [5, 5.41) is 52.6. The lowest BCUT2D eigenvalue weighted by molar-refractivity contribution is -0.187. The minimum atomic E-state index is -0.861. The van der Waals surface area contributed by atoms with Crippen LogP contribution < -0.4 is 9.47 Å². The Labute approximate surface area is 250 Å². The third-order valence-corrected chi connectivity index (χ3v) is 9.22. The highest BCUT2D eigenvalue weighted by Gasteiger charge is 2.58. The van der Waals surface area contributed by atoms with Crippen LogP contribution in [0.2, 0.25) is 0 Å². The highest BCUT2D eigenvalue weighted by molar-refractivity contribution is 5.73. The predicted octanol–water partition coefficient (Wildman–Crippen LogP) is 6.17. The molecule has 1 heterocycles. The van der Waals surface area contributed by atoms with Gasteiger partial charge in [-0.2, -0.15) is 0 Å². The number of phenolic OH excluding ortho intramolecular Hbond substituents is 2. The maximum Gasteiger partial charge on any atom is 0.165 e. The van der Waals surface area contributed by atoms with E-state index >= 15 is 0 Å². The summed E-state index contributed by atoms with van der Waals surface area (Å²) in [6.07, 6.45) is 7.90. The highest BCUT2D eigenvalue weighted by Crippen LogP contribution is 2.55. The van der Waals surface area contributed by atoms with Gasteiger partial charge in [-0.15, -0.1) is 0 Å². The van der Waals surface area contributed by atoms with Gasteiger partial charge in [0.2, 0.25) is 0 Å². The first-order valence-electron chi connectivity index (χ1n) is 14.9. The van der Waals surface area contributed by atoms with E-state index in [1.54, 1.807) is 33.1 Å². The number of hydrogen-bond donors (Lipinski definition) is 5. The Morgan fingerprint density at radius 1 is 1.05 bits per heavy atom. The van der Waals surface area contributed by atoms with Gasteiger partial charge in [-0.25, -0.2) is 0 Å². The van der Waals surface area contributed by atoms with Crippen LogP contribution in [0.25, 0.3) is 12.2 Å². The van der Waals surface area contributed by atoms with Gasteiger partial charge in [0.1, 0.15) is 17.1 Å². The van der Waals surface area contributed by atoms with Gasteiger partial charge in [0.15, 0.2) is 11.5 Å². The number of aliphatic hydroxyl groups is 3. The van der Waals surface area contributed by atoms with Crippen LogP contribution in [0.15, 0.2) is 35.9 Å². The zero-order valence-electron chi connectivity index (χ0n) is 26.1. The third-order valence-electron chi connectivity index (χ3n) is 9.22. The molecule has 2 aliphatic rings. The van der Waals surface area contributed by atoms with Crippen LogP contribution in [0.5, 0.6) is 23.0 Å². The van der Waals surface area contributed by atoms with Crippen molar-refractivity contribution in [2.75, 3.05) is 7.11 Å². The average molecular weight is 581 g/mol. The monoisotopic (exact) mass is 580 g/mol. The van der Waals surface area contributed by atoms with E-state index in [0.717, 1.165) is 29.5 Å². The van der Waals surface area contributed by atoms with Crippen LogP contribution in [-0.4, -0.2) is 56.1 Å². The number of fused-ring (bicyclic) bond motifs is 2. The molecule has 0 aromatic heterocycles. The Balaban J connectivity index is 1.53. The fourth-order valence-corrected chi connectivity index (χ4v) is 6.74. The van der Waals surface area contributed by atoms with E-state index in [2.05, 4.69) is 0 Å². The Bertz CT molecular complexity index is 1330. The van der Waals surface area contributed by atoms with Crippen LogP contribution in [0.4, 0.5) is 0 Å². The van der Waals surface area contributed by atoms with E-state index in [-0.39, 0.29) is 17.4 Å². The van der Waals surface area contributed by atoms with Gasteiger partial charge in [-0.1, -0.05) is 37.6 Å². The van der Waals surface area contributed by atoms with Crippen molar-refractivity contribution in [1.29, 1.82) is 0 Å². The Hall–Kier alpha value is -3.00. The molecule has 7 heteroatoms. The Morgan fingerprint density at radius 3 is 2.26 bits per heavy atom. The molecule has 2 aromatic carbocycles. The number of aromatic hydroxyl groups is 2. The summed E-state index contributed by atoms with van der Waals surface area (Å²) in [6.45, 7) is 11.6. The van der Waals surface area contributed by atoms with Crippen LogP contribution in [0, 0.1) is 11.3 Å². The first-order valence-corrected chi connectivity index (χ1v) is 14.9. The standard InChI is InChI=1S/C35H48O7/c1-21(9-8-14-33(2,3)40)10-13-25-26(36)16-23(17-27(25)37)12-11-22-15-24-19-30-34(4,5)32(39)28(38)20-35(30,6)42-31(24)29(18-22)41-7/h10-12,15-18,28,30,32,36-40H,8-9,13-14,19-20H2,1-7H3. The fraction of sp³-hybridized carbons (Fsp3) is 0.543. The number of phenols is 2. The second-order valence-corrected chi connectivity index (χ2v) is 13.7. The van der Waals surface area contributed by atoms with Gasteiger partial charge in [-0.3, -0.25) is 0 Å². The lowest BCUT2D eigenvalue weighted by atomic mass is 9.57. The van der Waals surface area contributed by atoms with Crippen molar-refractivity contribution in [3.8, 4) is 23.0 Å². The van der Waals surface area contributed by atoms with Crippen LogP contribution in [0.1, 0.15) is 89.5 Å². The topological polar surface area (TPSA) is 120 Å². The number of hydrogen-bond acceptors (Lipinski definition) is 7. The summed E-state index contributed by atoms with van der Waals surface area (Å²) in [7, 11) is 1.60. The minimum Gasteiger partial charge on any atom is -0.507 e. The van der Waals surface area contributed by atoms with Crippen molar-refractivity contribution >= 4 is 12.2 Å². The third kappa shape index (κ3) is 6.80. The van der Waals surface area contributed by atoms with Gasteiger partial charge < -0.3 is 35.0 Å². The quantitative estimate of drug-likeness (QED) is 0.178. The summed E-state index contributed by atoms with van der Waals surface area (Å²) >= 11 is 0. The molecule has 2 aromatic rings. The van der Waals surface area contributed by atoms with Gasteiger partial charge in [0, 0.05) is 23.3 Å². The maximum absolute atomic E-state index is 10.8. The molecule has 4 rings (SSSR count). The summed E-state index contributed by atoms with van der Waals surface area (Å²) in [4.78, 5) is 0. The molecule has 1 aliphatic heterocycles. The molecule has 230 valence electrons. The molecule has 1 saturated carbocycles. The summed E-state index contributed by atoms with van der Waals surface area (Å²) in [5.41, 5.74) is 2.26. The van der Waals surface area contributed by atoms with E-state index in [1.807, 2.05) is 58.1 Å². The minimum absolute atomic E-state index is 0.0134. The zero-order chi connectivity index (χ0) is 31.0. The van der Waals surface area contributed by atoms with Gasteiger partial charge >= 0.3 is 0 Å². The predicted molar refractivity (Wildman–Crippen MR) is 166 cm³/mol. The van der Waals surface area contributed by atoms with E-state index in [4.69, 9.17) is 9.47 Å². The van der Waals surface area contributed by atoms with Gasteiger partial charge in [0.25, 0.3) is 0 Å². The average Bonchev–Trinajstić information content (AvgIpc) is 2.88. The van der Waals surface area contributed by atoms with E-state index in [1.165, 1.54) is 0 Å². The molecular weight excluding hydrogens is 532 g/mol. The first kappa shape index (κ1) is 31.9. The van der Waals surface area contributed by atoms with Crippen LogP contribution >= 0.6 is 0 Å². The lowest BCUT2D eigenvalue weighted by Gasteiger charge is -2.56. The first-order chi connectivity index (χ1) is 19.5. The molecule has 4 unspecified atom stereocenters. The van der Waals surface area contributed by atoms with Crippen molar-refractivity contribution in [1.82, 2.24) is 0 Å². The zero-order valence-corrected chi connectivity index (χ0v) is 26.1. The fourth-order valence-electron chi connectivity index (χ4n) is 6.74. The summed E-state index contributed by atoms with van der Waals surface area (Å²) in [5.74, 6) is 1.31. The normalized spacial score (nSPS) is 25.6. The second kappa shape index (κ2) is 11.9. The van der Waals surface area contributed by atoms with Crippen molar-refractivity contribution in [2.24, 2.45) is 11.3 Å². The molecule has 1 aliphatic carbocycles. The molecular formula is C35H48O7. The molecule has 4 atom stereocenters. The largest absolute Gasteiger partial charge is 0.507 e. The SMILES string of the molecule is COc1cc(C=Cc2cc(O)c(CC=C(C)CCCC(C)(C)O)c(O)c2)cc2c1OC1(C)CC(O)C(O)C(C)(C)C1C2. The molecule has 5 N–H and O–H groups in total. The van der Waals surface area contributed by atoms with Crippen molar-refractivity contribution < 1.29 is 35.0 Å². The highest BCUT2D eigenvalue weighted by atomic mass is 16.5. The van der Waals surface area contributed by atoms with Gasteiger partial charge in [0.05, 0.1) is 24.9 Å². The van der Waals surface area contributed by atoms with Crippen molar-refractivity contribution in [2.45, 2.75) is 103 Å². The molecule has 1 fully saturated rings. The molecule has 0 bridgehead atoms. The molecule has 0 saturated heterocycles. The second-order valence-electron chi connectivity index (χ2n) is 13.7. The van der Waals surface area contributed by atoms with E-state index < -0.39 is 28.8 Å². The number of allylic oxidation sites excluding steroid dienone is 2. The number of aliphatic hydroxyl groups excluding tert-OH is 2. The summed E-state index contributed by atoms with van der Waals surface area (Å²) in [6, 6.07) is 7.22. The van der Waals surface area contributed by atoms with Crippen molar-refractivity contribution in [3.63, 3.8) is 0 Å².